The van der Waals surface area contributed by atoms with Gasteiger partial charge in [0, 0.05) is 0 Å². The molecule has 3 atom stereocenters. The minimum atomic E-state index is -1.21. The van der Waals surface area contributed by atoms with Crippen LogP contribution in [0, 0.1) is 5.92 Å². The van der Waals surface area contributed by atoms with Gasteiger partial charge in [0.2, 0.25) is 0 Å². The van der Waals surface area contributed by atoms with E-state index in [4.69, 9.17) is 0 Å². The van der Waals surface area contributed by atoms with Gasteiger partial charge in [-0.05, 0) is 26.8 Å². The fraction of sp³-hybridized carbons (Fsp3) is 0.500. The number of hydrogen-bond donors (Lipinski definition) is 1. The summed E-state index contributed by atoms with van der Waals surface area (Å²) in [6.45, 7) is 5.20. The molecule has 1 rings (SSSR count). The van der Waals surface area contributed by atoms with E-state index in [1.807, 2.05) is 13.0 Å². The van der Waals surface area contributed by atoms with Crippen molar-refractivity contribution in [3.8, 4) is 0 Å². The lowest BCUT2D eigenvalue weighted by molar-refractivity contribution is -0.118. The molecule has 1 N–H and O–H groups in total. The highest BCUT2D eigenvalue weighted by Crippen LogP contribution is 2.35. The fourth-order valence-corrected chi connectivity index (χ4v) is 2.66. The number of rotatable bonds is 2. The van der Waals surface area contributed by atoms with Crippen molar-refractivity contribution in [2.24, 2.45) is 5.92 Å². The van der Waals surface area contributed by atoms with Crippen LogP contribution in [0.15, 0.2) is 23.3 Å². The van der Waals surface area contributed by atoms with Gasteiger partial charge >= 0.3 is 14.0 Å². The Bertz CT molecular complexity index is 339. The topological polar surface area (TPSA) is 54.4 Å². The summed E-state index contributed by atoms with van der Waals surface area (Å²) in [6.07, 6.45) is 3.46. The molecule has 1 aliphatic carbocycles. The van der Waals surface area contributed by atoms with Gasteiger partial charge in [-0.2, -0.15) is 0 Å². The number of carbonyl (C=O) groups is 1. The minimum Gasteiger partial charge on any atom is -0.385 e. The normalized spacial score (nSPS) is 32.4. The zero-order valence-electron chi connectivity index (χ0n) is 8.50. The van der Waals surface area contributed by atoms with Crippen LogP contribution in [0.2, 0.25) is 0 Å². The molecule has 0 fully saturated rings. The largest absolute Gasteiger partial charge is 0.401 e. The third-order valence-corrected chi connectivity index (χ3v) is 2.87. The highest BCUT2D eigenvalue weighted by Gasteiger charge is 2.42. The number of aliphatic hydroxyl groups is 1. The second-order valence-corrected chi connectivity index (χ2v) is 4.60. The molecule has 14 heavy (non-hydrogen) atoms. The lowest BCUT2D eigenvalue weighted by Gasteiger charge is -2.30. The van der Waals surface area contributed by atoms with Crippen molar-refractivity contribution in [2.75, 3.05) is 0 Å². The second kappa shape index (κ2) is 3.76. The minimum absolute atomic E-state index is 0.424. The maximum atomic E-state index is 11.4. The molecule has 3 nitrogen and oxygen atoms in total. The summed E-state index contributed by atoms with van der Waals surface area (Å²) in [5.74, 6) is -0.665. The molecule has 0 saturated carbocycles. The van der Waals surface area contributed by atoms with Gasteiger partial charge in [-0.3, -0.25) is 0 Å². The Morgan fingerprint density at radius 2 is 2.14 bits per heavy atom. The summed E-state index contributed by atoms with van der Waals surface area (Å²) < 4.78 is 10.6. The van der Waals surface area contributed by atoms with Crippen LogP contribution in [0.4, 0.5) is 0 Å². The molecule has 1 aliphatic rings. The van der Waals surface area contributed by atoms with Gasteiger partial charge < -0.3 is 5.11 Å². The van der Waals surface area contributed by atoms with Crippen molar-refractivity contribution in [1.82, 2.24) is 0 Å². The van der Waals surface area contributed by atoms with E-state index in [9.17, 15) is 14.5 Å². The molecule has 0 amide bonds. The zero-order valence-corrected chi connectivity index (χ0v) is 9.50. The third-order valence-electron chi connectivity index (χ3n) is 2.38. The zero-order chi connectivity index (χ0) is 10.9. The average Bonchev–Trinajstić information content (AvgIpc) is 1.99. The van der Waals surface area contributed by atoms with Crippen LogP contribution in [-0.4, -0.2) is 16.2 Å². The first-order valence-electron chi connectivity index (χ1n) is 4.40. The number of carbonyl (C=O) groups excluding carboxylic acids is 1. The average molecular weight is 213 g/mol. The van der Waals surface area contributed by atoms with E-state index in [1.165, 1.54) is 0 Å². The van der Waals surface area contributed by atoms with E-state index in [0.717, 1.165) is 11.1 Å². The Morgan fingerprint density at radius 3 is 2.57 bits per heavy atom. The van der Waals surface area contributed by atoms with Crippen molar-refractivity contribution < 1.29 is 14.5 Å². The quantitative estimate of drug-likeness (QED) is 0.712. The standard InChI is InChI=1S/C10H13O3P/c1-6-4-7(2)8(9(11)14-13)10(3,12)5-6/h4-5,8,12H,1-3H3/p+1. The van der Waals surface area contributed by atoms with Crippen LogP contribution < -0.4 is 0 Å². The van der Waals surface area contributed by atoms with Crippen LogP contribution in [-0.2, 0) is 9.36 Å². The van der Waals surface area contributed by atoms with Gasteiger partial charge in [0.05, 0.1) is 5.60 Å². The summed E-state index contributed by atoms with van der Waals surface area (Å²) in [5, 5.41) is 10.0. The molecule has 0 radical (unpaired) electrons. The monoisotopic (exact) mass is 213 g/mol. The van der Waals surface area contributed by atoms with Gasteiger partial charge in [-0.25, -0.2) is 4.79 Å². The predicted octanol–water partition coefficient (Wildman–Crippen LogP) is 1.81. The van der Waals surface area contributed by atoms with Gasteiger partial charge in [0.15, 0.2) is 0 Å². The Kier molecular flexibility index (Phi) is 3.03. The van der Waals surface area contributed by atoms with E-state index in [1.54, 1.807) is 19.9 Å². The molecule has 0 aromatic heterocycles. The molecule has 0 heterocycles. The Labute approximate surface area is 84.7 Å². The van der Waals surface area contributed by atoms with Crippen LogP contribution in [0.5, 0.6) is 0 Å². The van der Waals surface area contributed by atoms with Crippen LogP contribution in [0.3, 0.4) is 0 Å². The summed E-state index contributed by atoms with van der Waals surface area (Å²) in [4.78, 5) is 11.4. The van der Waals surface area contributed by atoms with Crippen molar-refractivity contribution in [2.45, 2.75) is 26.4 Å². The first kappa shape index (κ1) is 11.3. The van der Waals surface area contributed by atoms with E-state index < -0.39 is 25.5 Å². The predicted molar refractivity (Wildman–Crippen MR) is 55.6 cm³/mol. The van der Waals surface area contributed by atoms with E-state index >= 15 is 0 Å². The maximum Gasteiger partial charge on any atom is 0.401 e. The number of hydrogen-bond acceptors (Lipinski definition) is 3. The Morgan fingerprint density at radius 1 is 1.57 bits per heavy atom. The van der Waals surface area contributed by atoms with E-state index in [-0.39, 0.29) is 0 Å². The molecular formula is C10H14O3P+. The Balaban J connectivity index is 3.14. The summed E-state index contributed by atoms with van der Waals surface area (Å²) in [6, 6.07) is 0. The molecule has 4 heteroatoms. The molecular weight excluding hydrogens is 199 g/mol. The fourth-order valence-electron chi connectivity index (χ4n) is 2.02. The molecule has 0 saturated heterocycles. The molecule has 0 aromatic rings. The van der Waals surface area contributed by atoms with E-state index in [2.05, 4.69) is 0 Å². The van der Waals surface area contributed by atoms with E-state index in [0.29, 0.717) is 0 Å². The van der Waals surface area contributed by atoms with Crippen LogP contribution in [0.1, 0.15) is 20.8 Å². The first-order valence-corrected chi connectivity index (χ1v) is 5.31. The highest BCUT2D eigenvalue weighted by atomic mass is 31.1. The van der Waals surface area contributed by atoms with Gasteiger partial charge in [0.25, 0.3) is 0 Å². The molecule has 0 bridgehead atoms. The smallest absolute Gasteiger partial charge is 0.385 e. The van der Waals surface area contributed by atoms with Crippen LogP contribution >= 0.6 is 8.46 Å². The number of allylic oxidation sites excluding steroid dienone is 2. The first-order chi connectivity index (χ1) is 6.38. The summed E-state index contributed by atoms with van der Waals surface area (Å²) >= 11 is 0. The lowest BCUT2D eigenvalue weighted by atomic mass is 9.79. The molecule has 0 spiro atoms. The summed E-state index contributed by atoms with van der Waals surface area (Å²) in [7, 11) is -1.01. The SMILES string of the molecule is CC1=CC(C)(O)C(C(=O)[PH+]=O)C(C)=C1. The molecule has 3 unspecified atom stereocenters. The van der Waals surface area contributed by atoms with Gasteiger partial charge in [-0.1, -0.05) is 21.8 Å². The van der Waals surface area contributed by atoms with Crippen LogP contribution in [0.25, 0.3) is 0 Å². The van der Waals surface area contributed by atoms with Crippen molar-refractivity contribution in [3.63, 3.8) is 0 Å². The van der Waals surface area contributed by atoms with Crippen molar-refractivity contribution in [1.29, 1.82) is 0 Å². The highest BCUT2D eigenvalue weighted by molar-refractivity contribution is 7.46. The lowest BCUT2D eigenvalue weighted by Crippen LogP contribution is -2.39. The molecule has 0 aliphatic heterocycles. The molecule has 0 aromatic carbocycles. The third kappa shape index (κ3) is 1.99. The molecule has 76 valence electrons. The van der Waals surface area contributed by atoms with Gasteiger partial charge in [0.1, 0.15) is 5.92 Å². The second-order valence-electron chi connectivity index (χ2n) is 3.90. The Hall–Kier alpha value is -0.790. The van der Waals surface area contributed by atoms with Crippen molar-refractivity contribution >= 4 is 14.0 Å². The van der Waals surface area contributed by atoms with Crippen molar-refractivity contribution in [3.05, 3.63) is 23.3 Å². The maximum absolute atomic E-state index is 11.4. The van der Waals surface area contributed by atoms with Gasteiger partial charge in [-0.15, -0.1) is 0 Å². The summed E-state index contributed by atoms with van der Waals surface area (Å²) in [5.41, 5.74) is 0.0545.